The third kappa shape index (κ3) is 1.95. The molecule has 3 heterocycles. The lowest BCUT2D eigenvalue weighted by molar-refractivity contribution is -0.107. The van der Waals surface area contributed by atoms with E-state index in [0.29, 0.717) is 36.8 Å². The van der Waals surface area contributed by atoms with Gasteiger partial charge in [-0.15, -0.1) is 11.6 Å². The predicted molar refractivity (Wildman–Crippen MR) is 69.3 cm³/mol. The molecule has 0 radical (unpaired) electrons. The number of imidazole rings is 1. The highest BCUT2D eigenvalue weighted by atomic mass is 35.5. The Morgan fingerprint density at radius 1 is 1.33 bits per heavy atom. The highest BCUT2D eigenvalue weighted by molar-refractivity contribution is 6.35. The quantitative estimate of drug-likeness (QED) is 0.496. The third-order valence-electron chi connectivity index (χ3n) is 3.00. The number of fused-ring (bicyclic) bond motifs is 1. The average molecular weight is 308 g/mol. The first kappa shape index (κ1) is 12.4. The van der Waals surface area contributed by atoms with Crippen molar-refractivity contribution in [2.45, 2.75) is 6.54 Å². The second kappa shape index (κ2) is 4.49. The Bertz CT molecular complexity index is 591. The average Bonchev–Trinajstić information content (AvgIpc) is 2.67. The first-order chi connectivity index (χ1) is 8.63. The standard InChI is InChI=1S/C10H9Cl3N4O/c11-1-10(3-18-4-10)2-17-5-14-6-7(12)15-9(13)16-8(6)17/h5H,1-4H2. The van der Waals surface area contributed by atoms with Gasteiger partial charge in [0.1, 0.15) is 5.52 Å². The van der Waals surface area contributed by atoms with Crippen LogP contribution in [0.4, 0.5) is 0 Å². The molecule has 0 amide bonds. The van der Waals surface area contributed by atoms with E-state index in [1.54, 1.807) is 6.33 Å². The van der Waals surface area contributed by atoms with Gasteiger partial charge in [0.2, 0.25) is 5.28 Å². The molecule has 96 valence electrons. The lowest BCUT2D eigenvalue weighted by Gasteiger charge is -2.39. The molecule has 1 saturated heterocycles. The Hall–Kier alpha value is -0.620. The summed E-state index contributed by atoms with van der Waals surface area (Å²) in [6.45, 7) is 1.96. The molecule has 1 aliphatic heterocycles. The SMILES string of the molecule is ClCC1(Cn2cnc3c(Cl)nc(Cl)nc32)COC1. The predicted octanol–water partition coefficient (Wildman–Crippen LogP) is 2.39. The lowest BCUT2D eigenvalue weighted by Crippen LogP contribution is -2.47. The van der Waals surface area contributed by atoms with Crippen molar-refractivity contribution in [1.82, 2.24) is 19.5 Å². The fourth-order valence-corrected chi connectivity index (χ4v) is 2.62. The van der Waals surface area contributed by atoms with Crippen molar-refractivity contribution in [2.75, 3.05) is 19.1 Å². The summed E-state index contributed by atoms with van der Waals surface area (Å²) in [5, 5.41) is 0.368. The van der Waals surface area contributed by atoms with Crippen LogP contribution in [0.2, 0.25) is 10.4 Å². The second-order valence-electron chi connectivity index (χ2n) is 4.45. The number of ether oxygens (including phenoxy) is 1. The van der Waals surface area contributed by atoms with Crippen molar-refractivity contribution in [3.63, 3.8) is 0 Å². The number of rotatable bonds is 3. The first-order valence-electron chi connectivity index (χ1n) is 5.31. The molecular weight excluding hydrogens is 298 g/mol. The van der Waals surface area contributed by atoms with Gasteiger partial charge in [-0.3, -0.25) is 0 Å². The summed E-state index contributed by atoms with van der Waals surface area (Å²) in [6.07, 6.45) is 1.67. The number of halogens is 3. The van der Waals surface area contributed by atoms with Crippen molar-refractivity contribution in [3.8, 4) is 0 Å². The highest BCUT2D eigenvalue weighted by Crippen LogP contribution is 2.32. The van der Waals surface area contributed by atoms with Crippen LogP contribution in [0, 0.1) is 5.41 Å². The van der Waals surface area contributed by atoms with E-state index in [9.17, 15) is 0 Å². The van der Waals surface area contributed by atoms with Gasteiger partial charge in [-0.2, -0.15) is 4.98 Å². The van der Waals surface area contributed by atoms with Crippen molar-refractivity contribution in [3.05, 3.63) is 16.8 Å². The molecule has 8 heteroatoms. The van der Waals surface area contributed by atoms with Gasteiger partial charge in [-0.1, -0.05) is 11.6 Å². The molecule has 0 bridgehead atoms. The third-order valence-corrected chi connectivity index (χ3v) is 4.00. The van der Waals surface area contributed by atoms with Crippen LogP contribution in [0.1, 0.15) is 0 Å². The normalized spacial score (nSPS) is 17.9. The number of hydrogen-bond acceptors (Lipinski definition) is 4. The Morgan fingerprint density at radius 3 is 2.72 bits per heavy atom. The van der Waals surface area contributed by atoms with Crippen molar-refractivity contribution < 1.29 is 4.74 Å². The van der Waals surface area contributed by atoms with E-state index in [1.165, 1.54) is 0 Å². The van der Waals surface area contributed by atoms with E-state index in [0.717, 1.165) is 0 Å². The van der Waals surface area contributed by atoms with Gasteiger partial charge in [0.25, 0.3) is 0 Å². The maximum Gasteiger partial charge on any atom is 0.225 e. The maximum atomic E-state index is 5.99. The molecule has 5 nitrogen and oxygen atoms in total. The minimum atomic E-state index is -0.0565. The zero-order valence-electron chi connectivity index (χ0n) is 9.24. The molecule has 0 saturated carbocycles. The molecule has 18 heavy (non-hydrogen) atoms. The highest BCUT2D eigenvalue weighted by Gasteiger charge is 2.38. The Balaban J connectivity index is 2.02. The number of nitrogens with zero attached hydrogens (tertiary/aromatic N) is 4. The molecular formula is C10H9Cl3N4O. The number of hydrogen-bond donors (Lipinski definition) is 0. The van der Waals surface area contributed by atoms with E-state index >= 15 is 0 Å². The summed E-state index contributed by atoms with van der Waals surface area (Å²) in [5.41, 5.74) is 1.11. The van der Waals surface area contributed by atoms with Crippen LogP contribution in [0.3, 0.4) is 0 Å². The molecule has 1 fully saturated rings. The van der Waals surface area contributed by atoms with Gasteiger partial charge >= 0.3 is 0 Å². The van der Waals surface area contributed by atoms with Gasteiger partial charge in [0.05, 0.1) is 19.5 Å². The molecule has 3 rings (SSSR count). The van der Waals surface area contributed by atoms with E-state index in [-0.39, 0.29) is 15.9 Å². The summed E-state index contributed by atoms with van der Waals surface area (Å²) in [5.74, 6) is 0.527. The van der Waals surface area contributed by atoms with Crippen LogP contribution in [-0.4, -0.2) is 38.6 Å². The Morgan fingerprint density at radius 2 is 2.11 bits per heavy atom. The van der Waals surface area contributed by atoms with Gasteiger partial charge < -0.3 is 9.30 Å². The fourth-order valence-electron chi connectivity index (χ4n) is 1.96. The van der Waals surface area contributed by atoms with Crippen LogP contribution in [0.15, 0.2) is 6.33 Å². The number of alkyl halides is 1. The zero-order valence-corrected chi connectivity index (χ0v) is 11.5. The summed E-state index contributed by atoms with van der Waals surface area (Å²) in [6, 6.07) is 0. The van der Waals surface area contributed by atoms with Gasteiger partial charge in [-0.25, -0.2) is 9.97 Å². The molecule has 0 aliphatic carbocycles. The van der Waals surface area contributed by atoms with Crippen LogP contribution >= 0.6 is 34.8 Å². The van der Waals surface area contributed by atoms with Crippen LogP contribution in [-0.2, 0) is 11.3 Å². The van der Waals surface area contributed by atoms with Crippen molar-refractivity contribution in [2.24, 2.45) is 5.41 Å². The van der Waals surface area contributed by atoms with Crippen LogP contribution in [0.5, 0.6) is 0 Å². The molecule has 1 aliphatic rings. The second-order valence-corrected chi connectivity index (χ2v) is 5.42. The maximum absolute atomic E-state index is 5.99. The largest absolute Gasteiger partial charge is 0.380 e. The monoisotopic (exact) mass is 306 g/mol. The lowest BCUT2D eigenvalue weighted by atomic mass is 9.88. The van der Waals surface area contributed by atoms with E-state index in [1.807, 2.05) is 4.57 Å². The molecule has 0 unspecified atom stereocenters. The molecule has 0 spiro atoms. The summed E-state index contributed by atoms with van der Waals surface area (Å²) in [7, 11) is 0. The minimum absolute atomic E-state index is 0.0565. The minimum Gasteiger partial charge on any atom is -0.380 e. The Kier molecular flexibility index (Phi) is 3.10. The molecule has 0 N–H and O–H groups in total. The topological polar surface area (TPSA) is 52.8 Å². The number of aromatic nitrogens is 4. The summed E-state index contributed by atoms with van der Waals surface area (Å²) in [4.78, 5) is 12.2. The van der Waals surface area contributed by atoms with E-state index in [2.05, 4.69) is 15.0 Å². The Labute approximate surface area is 118 Å². The van der Waals surface area contributed by atoms with Gasteiger partial charge in [0, 0.05) is 17.8 Å². The summed E-state index contributed by atoms with van der Waals surface area (Å²) < 4.78 is 7.12. The van der Waals surface area contributed by atoms with Crippen LogP contribution in [0.25, 0.3) is 11.2 Å². The molecule has 0 atom stereocenters. The summed E-state index contributed by atoms with van der Waals surface area (Å²) >= 11 is 17.8. The van der Waals surface area contributed by atoms with Crippen molar-refractivity contribution in [1.29, 1.82) is 0 Å². The molecule has 2 aromatic heterocycles. The van der Waals surface area contributed by atoms with E-state index in [4.69, 9.17) is 39.5 Å². The van der Waals surface area contributed by atoms with Crippen LogP contribution < -0.4 is 0 Å². The van der Waals surface area contributed by atoms with Crippen molar-refractivity contribution >= 4 is 46.0 Å². The van der Waals surface area contributed by atoms with E-state index < -0.39 is 0 Å². The molecule has 2 aromatic rings. The van der Waals surface area contributed by atoms with Gasteiger partial charge in [-0.05, 0) is 11.6 Å². The first-order valence-corrected chi connectivity index (χ1v) is 6.60. The fraction of sp³-hybridized carbons (Fsp3) is 0.500. The van der Waals surface area contributed by atoms with Gasteiger partial charge in [0.15, 0.2) is 10.8 Å². The zero-order chi connectivity index (χ0) is 12.8. The molecule has 0 aromatic carbocycles. The smallest absolute Gasteiger partial charge is 0.225 e.